The van der Waals surface area contributed by atoms with Crippen molar-refractivity contribution < 1.29 is 4.74 Å². The first-order valence-corrected chi connectivity index (χ1v) is 4.01. The van der Waals surface area contributed by atoms with E-state index < -0.39 is 0 Å². The number of methoxy groups -OCH3 is 1. The van der Waals surface area contributed by atoms with Crippen LogP contribution in [0.15, 0.2) is 10.6 Å². The first kappa shape index (κ1) is 8.09. The molecule has 2 heteroatoms. The summed E-state index contributed by atoms with van der Waals surface area (Å²) in [6.07, 6.45) is 3.60. The highest BCUT2D eigenvalue weighted by Gasteiger charge is 2.17. The molecule has 1 aliphatic rings. The SMILES string of the molecule is COC1CCCC(Cl)=C1C. The standard InChI is InChI=1S/C8H13ClO/c1-6-7(9)4-3-5-8(6)10-2/h8H,3-5H2,1-2H3. The fraction of sp³-hybridized carbons (Fsp3) is 0.750. The molecule has 0 aromatic heterocycles. The molecule has 0 saturated heterocycles. The third-order valence-corrected chi connectivity index (χ3v) is 2.55. The second kappa shape index (κ2) is 3.40. The largest absolute Gasteiger partial charge is 0.377 e. The molecule has 0 fully saturated rings. The van der Waals surface area contributed by atoms with Gasteiger partial charge in [0.25, 0.3) is 0 Å². The predicted octanol–water partition coefficient (Wildman–Crippen LogP) is 2.70. The molecule has 10 heavy (non-hydrogen) atoms. The Morgan fingerprint density at radius 1 is 1.60 bits per heavy atom. The van der Waals surface area contributed by atoms with Gasteiger partial charge in [-0.25, -0.2) is 0 Å². The number of hydrogen-bond donors (Lipinski definition) is 0. The van der Waals surface area contributed by atoms with Gasteiger partial charge < -0.3 is 4.74 Å². The molecule has 1 rings (SSSR count). The Labute approximate surface area is 67.0 Å². The Kier molecular flexibility index (Phi) is 2.75. The first-order valence-electron chi connectivity index (χ1n) is 3.63. The van der Waals surface area contributed by atoms with E-state index in [4.69, 9.17) is 16.3 Å². The van der Waals surface area contributed by atoms with Gasteiger partial charge in [0.15, 0.2) is 0 Å². The van der Waals surface area contributed by atoms with Crippen molar-refractivity contribution in [3.63, 3.8) is 0 Å². The summed E-state index contributed by atoms with van der Waals surface area (Å²) in [5, 5.41) is 0.998. The minimum atomic E-state index is 0.279. The smallest absolute Gasteiger partial charge is 0.0792 e. The van der Waals surface area contributed by atoms with Crippen LogP contribution in [0.5, 0.6) is 0 Å². The molecule has 0 N–H and O–H groups in total. The van der Waals surface area contributed by atoms with E-state index in [1.165, 1.54) is 5.57 Å². The van der Waals surface area contributed by atoms with Gasteiger partial charge in [0.05, 0.1) is 6.10 Å². The number of ether oxygens (including phenoxy) is 1. The third kappa shape index (κ3) is 1.53. The molecular formula is C8H13ClO. The number of halogens is 1. The number of rotatable bonds is 1. The lowest BCUT2D eigenvalue weighted by Crippen LogP contribution is -2.16. The maximum Gasteiger partial charge on any atom is 0.0792 e. The van der Waals surface area contributed by atoms with E-state index in [0.717, 1.165) is 24.3 Å². The van der Waals surface area contributed by atoms with Crippen molar-refractivity contribution >= 4 is 11.6 Å². The van der Waals surface area contributed by atoms with Crippen molar-refractivity contribution in [2.24, 2.45) is 0 Å². The summed E-state index contributed by atoms with van der Waals surface area (Å²) in [7, 11) is 1.74. The van der Waals surface area contributed by atoms with Gasteiger partial charge >= 0.3 is 0 Å². The lowest BCUT2D eigenvalue weighted by atomic mass is 9.97. The summed E-state index contributed by atoms with van der Waals surface area (Å²) in [5.74, 6) is 0. The molecule has 0 aromatic rings. The lowest BCUT2D eigenvalue weighted by Gasteiger charge is -2.22. The molecule has 0 heterocycles. The molecule has 0 aromatic carbocycles. The average Bonchev–Trinajstić information content (AvgIpc) is 1.95. The van der Waals surface area contributed by atoms with Crippen LogP contribution in [0.3, 0.4) is 0 Å². The quantitative estimate of drug-likeness (QED) is 0.573. The number of hydrogen-bond acceptors (Lipinski definition) is 1. The third-order valence-electron chi connectivity index (χ3n) is 2.06. The van der Waals surface area contributed by atoms with Crippen LogP contribution in [-0.2, 0) is 4.74 Å². The normalized spacial score (nSPS) is 27.3. The van der Waals surface area contributed by atoms with Gasteiger partial charge in [0.2, 0.25) is 0 Å². The Morgan fingerprint density at radius 3 is 2.80 bits per heavy atom. The lowest BCUT2D eigenvalue weighted by molar-refractivity contribution is 0.117. The molecule has 0 bridgehead atoms. The van der Waals surface area contributed by atoms with Crippen LogP contribution in [0.2, 0.25) is 0 Å². The van der Waals surface area contributed by atoms with Crippen molar-refractivity contribution in [2.45, 2.75) is 32.3 Å². The Morgan fingerprint density at radius 2 is 2.30 bits per heavy atom. The summed E-state index contributed by atoms with van der Waals surface area (Å²) in [5.41, 5.74) is 1.22. The van der Waals surface area contributed by atoms with Gasteiger partial charge in [-0.2, -0.15) is 0 Å². The molecule has 1 aliphatic carbocycles. The monoisotopic (exact) mass is 160 g/mol. The molecular weight excluding hydrogens is 148 g/mol. The van der Waals surface area contributed by atoms with Gasteiger partial charge in [0, 0.05) is 12.1 Å². The van der Waals surface area contributed by atoms with Gasteiger partial charge in [0.1, 0.15) is 0 Å². The van der Waals surface area contributed by atoms with Gasteiger partial charge in [-0.1, -0.05) is 11.6 Å². The minimum absolute atomic E-state index is 0.279. The second-order valence-corrected chi connectivity index (χ2v) is 3.16. The van der Waals surface area contributed by atoms with Gasteiger partial charge in [-0.05, 0) is 31.8 Å². The number of allylic oxidation sites excluding steroid dienone is 1. The maximum atomic E-state index is 5.94. The van der Waals surface area contributed by atoms with Crippen molar-refractivity contribution in [2.75, 3.05) is 7.11 Å². The Bertz CT molecular complexity index is 151. The highest BCUT2D eigenvalue weighted by atomic mass is 35.5. The van der Waals surface area contributed by atoms with E-state index in [0.29, 0.717) is 0 Å². The van der Waals surface area contributed by atoms with Crippen LogP contribution >= 0.6 is 11.6 Å². The molecule has 1 nitrogen and oxygen atoms in total. The maximum absolute atomic E-state index is 5.94. The molecule has 0 spiro atoms. The second-order valence-electron chi connectivity index (χ2n) is 2.70. The molecule has 1 unspecified atom stereocenters. The van der Waals surface area contributed by atoms with Crippen LogP contribution < -0.4 is 0 Å². The predicted molar refractivity (Wildman–Crippen MR) is 43.2 cm³/mol. The fourth-order valence-electron chi connectivity index (χ4n) is 1.33. The van der Waals surface area contributed by atoms with Crippen LogP contribution in [0, 0.1) is 0 Å². The summed E-state index contributed by atoms with van der Waals surface area (Å²) >= 11 is 5.94. The zero-order chi connectivity index (χ0) is 7.56. The summed E-state index contributed by atoms with van der Waals surface area (Å²) in [6.45, 7) is 2.05. The van der Waals surface area contributed by atoms with E-state index in [-0.39, 0.29) is 6.10 Å². The summed E-state index contributed by atoms with van der Waals surface area (Å²) < 4.78 is 5.23. The van der Waals surface area contributed by atoms with Crippen LogP contribution in [-0.4, -0.2) is 13.2 Å². The highest BCUT2D eigenvalue weighted by Crippen LogP contribution is 2.28. The van der Waals surface area contributed by atoms with Crippen molar-refractivity contribution in [3.8, 4) is 0 Å². The van der Waals surface area contributed by atoms with E-state index in [2.05, 4.69) is 6.92 Å². The average molecular weight is 161 g/mol. The van der Waals surface area contributed by atoms with Gasteiger partial charge in [-0.3, -0.25) is 0 Å². The van der Waals surface area contributed by atoms with Crippen molar-refractivity contribution in [1.29, 1.82) is 0 Å². The van der Waals surface area contributed by atoms with Crippen LogP contribution in [0.25, 0.3) is 0 Å². The summed E-state index contributed by atoms with van der Waals surface area (Å²) in [6, 6.07) is 0. The highest BCUT2D eigenvalue weighted by molar-refractivity contribution is 6.30. The zero-order valence-corrected chi connectivity index (χ0v) is 7.24. The van der Waals surface area contributed by atoms with E-state index in [1.54, 1.807) is 7.11 Å². The van der Waals surface area contributed by atoms with Crippen molar-refractivity contribution in [3.05, 3.63) is 10.6 Å². The fourth-order valence-corrected chi connectivity index (χ4v) is 1.58. The molecule has 0 aliphatic heterocycles. The van der Waals surface area contributed by atoms with Crippen LogP contribution in [0.4, 0.5) is 0 Å². The van der Waals surface area contributed by atoms with Crippen LogP contribution in [0.1, 0.15) is 26.2 Å². The topological polar surface area (TPSA) is 9.23 Å². The van der Waals surface area contributed by atoms with E-state index >= 15 is 0 Å². The Hall–Kier alpha value is -0.0100. The first-order chi connectivity index (χ1) is 4.75. The molecule has 58 valence electrons. The zero-order valence-electron chi connectivity index (χ0n) is 6.48. The van der Waals surface area contributed by atoms with Gasteiger partial charge in [-0.15, -0.1) is 0 Å². The van der Waals surface area contributed by atoms with Crippen molar-refractivity contribution in [1.82, 2.24) is 0 Å². The Balaban J connectivity index is 2.68. The van der Waals surface area contributed by atoms with E-state index in [9.17, 15) is 0 Å². The molecule has 0 radical (unpaired) electrons. The van der Waals surface area contributed by atoms with E-state index in [1.807, 2.05) is 0 Å². The molecule has 0 amide bonds. The summed E-state index contributed by atoms with van der Waals surface area (Å²) in [4.78, 5) is 0. The molecule has 0 saturated carbocycles. The molecule has 1 atom stereocenters. The minimum Gasteiger partial charge on any atom is -0.377 e.